The molecule has 0 spiro atoms. The van der Waals surface area contributed by atoms with E-state index in [1.165, 1.54) is 23.7 Å². The van der Waals surface area contributed by atoms with Crippen LogP contribution in [0.3, 0.4) is 0 Å². The molecule has 4 rings (SSSR count). The number of hydrogen-bond acceptors (Lipinski definition) is 2. The number of rotatable bonds is 2. The molecule has 0 unspecified atom stereocenters. The Balaban J connectivity index is 2.21. The summed E-state index contributed by atoms with van der Waals surface area (Å²) in [6.07, 6.45) is 1.74. The summed E-state index contributed by atoms with van der Waals surface area (Å²) in [4.78, 5) is 25.3. The van der Waals surface area contributed by atoms with Gasteiger partial charge in [-0.3, -0.25) is 13.9 Å². The third kappa shape index (κ3) is 2.75. The minimum atomic E-state index is -0.399. The van der Waals surface area contributed by atoms with E-state index >= 15 is 0 Å². The predicted octanol–water partition coefficient (Wildman–Crippen LogP) is 3.60. The van der Waals surface area contributed by atoms with Gasteiger partial charge >= 0.3 is 5.69 Å². The Kier molecular flexibility index (Phi) is 4.11. The Hall–Kier alpha value is -2.93. The van der Waals surface area contributed by atoms with Gasteiger partial charge in [-0.15, -0.1) is 0 Å². The molecule has 0 saturated heterocycles. The molecule has 2 heterocycles. The van der Waals surface area contributed by atoms with Gasteiger partial charge in [0, 0.05) is 36.0 Å². The fourth-order valence-electron chi connectivity index (χ4n) is 3.27. The fourth-order valence-corrected chi connectivity index (χ4v) is 3.66. The van der Waals surface area contributed by atoms with Crippen LogP contribution >= 0.6 is 15.9 Å². The fraction of sp³-hybridized carbons (Fsp3) is 0.100. The van der Waals surface area contributed by atoms with Crippen molar-refractivity contribution in [2.75, 3.05) is 0 Å². The van der Waals surface area contributed by atoms with Crippen LogP contribution < -0.4 is 11.2 Å². The summed E-state index contributed by atoms with van der Waals surface area (Å²) in [6, 6.07) is 13.6. The van der Waals surface area contributed by atoms with Gasteiger partial charge in [0.15, 0.2) is 0 Å². The van der Waals surface area contributed by atoms with E-state index in [-0.39, 0.29) is 11.4 Å². The Morgan fingerprint density at radius 1 is 0.963 bits per heavy atom. The smallest absolute Gasteiger partial charge is 0.314 e. The SMILES string of the molecule is Cn1c(=O)c2c(-c3cccc(Br)c3)n(-c3ccc(F)cc3)cc2n(C)c1=O. The van der Waals surface area contributed by atoms with Crippen LogP contribution in [0.15, 0.2) is 68.8 Å². The average Bonchev–Trinajstić information content (AvgIpc) is 3.06. The molecule has 0 atom stereocenters. The number of fused-ring (bicyclic) bond motifs is 1. The van der Waals surface area contributed by atoms with Crippen LogP contribution in [0.2, 0.25) is 0 Å². The van der Waals surface area contributed by atoms with Crippen molar-refractivity contribution in [3.63, 3.8) is 0 Å². The predicted molar refractivity (Wildman–Crippen MR) is 107 cm³/mol. The van der Waals surface area contributed by atoms with Crippen molar-refractivity contribution in [1.82, 2.24) is 13.7 Å². The third-order valence-corrected chi connectivity index (χ3v) is 5.14. The summed E-state index contributed by atoms with van der Waals surface area (Å²) in [5.41, 5.74) is 1.89. The molecule has 0 radical (unpaired) electrons. The lowest BCUT2D eigenvalue weighted by Gasteiger charge is -2.10. The van der Waals surface area contributed by atoms with E-state index in [1.807, 2.05) is 28.8 Å². The molecule has 0 aliphatic rings. The van der Waals surface area contributed by atoms with Crippen molar-refractivity contribution >= 4 is 26.8 Å². The Morgan fingerprint density at radius 3 is 2.33 bits per heavy atom. The molecule has 0 fully saturated rings. The van der Waals surface area contributed by atoms with E-state index in [9.17, 15) is 14.0 Å². The highest BCUT2D eigenvalue weighted by molar-refractivity contribution is 9.10. The van der Waals surface area contributed by atoms with Crippen molar-refractivity contribution < 1.29 is 4.39 Å². The number of hydrogen-bond donors (Lipinski definition) is 0. The first-order valence-corrected chi connectivity index (χ1v) is 9.00. The van der Waals surface area contributed by atoms with Crippen molar-refractivity contribution in [2.24, 2.45) is 14.1 Å². The summed E-state index contributed by atoms with van der Waals surface area (Å²) >= 11 is 3.46. The monoisotopic (exact) mass is 427 g/mol. The molecule has 0 aliphatic heterocycles. The molecule has 0 bridgehead atoms. The number of aromatic nitrogens is 3. The van der Waals surface area contributed by atoms with Crippen LogP contribution in [-0.2, 0) is 14.1 Å². The van der Waals surface area contributed by atoms with E-state index < -0.39 is 5.69 Å². The van der Waals surface area contributed by atoms with Gasteiger partial charge in [0.1, 0.15) is 5.82 Å². The zero-order valence-corrected chi connectivity index (χ0v) is 16.2. The molecule has 0 amide bonds. The van der Waals surface area contributed by atoms with Crippen molar-refractivity contribution in [3.05, 3.63) is 85.9 Å². The lowest BCUT2D eigenvalue weighted by atomic mass is 10.1. The normalized spacial score (nSPS) is 11.3. The first-order valence-electron chi connectivity index (χ1n) is 8.21. The maximum Gasteiger partial charge on any atom is 0.330 e. The summed E-state index contributed by atoms with van der Waals surface area (Å²) < 4.78 is 18.6. The molecule has 2 aromatic heterocycles. The molecular formula is C20H15BrFN3O2. The van der Waals surface area contributed by atoms with Crippen LogP contribution in [-0.4, -0.2) is 13.7 Å². The van der Waals surface area contributed by atoms with Crippen LogP contribution in [0.1, 0.15) is 0 Å². The quantitative estimate of drug-likeness (QED) is 0.490. The van der Waals surface area contributed by atoms with Crippen molar-refractivity contribution in [2.45, 2.75) is 0 Å². The molecule has 7 heteroatoms. The number of aryl methyl sites for hydroxylation is 1. The van der Waals surface area contributed by atoms with Crippen LogP contribution in [0.25, 0.3) is 27.8 Å². The van der Waals surface area contributed by atoms with E-state index in [0.29, 0.717) is 22.3 Å². The Bertz CT molecular complexity index is 1300. The number of nitrogens with zero attached hydrogens (tertiary/aromatic N) is 3. The number of halogens is 2. The van der Waals surface area contributed by atoms with E-state index in [2.05, 4.69) is 15.9 Å². The summed E-state index contributed by atoms with van der Waals surface area (Å²) in [6.45, 7) is 0. The van der Waals surface area contributed by atoms with Gasteiger partial charge in [-0.05, 0) is 36.4 Å². The molecule has 136 valence electrons. The van der Waals surface area contributed by atoms with Gasteiger partial charge in [0.05, 0.1) is 16.6 Å². The van der Waals surface area contributed by atoms with Crippen LogP contribution in [0.5, 0.6) is 0 Å². The topological polar surface area (TPSA) is 48.9 Å². The highest BCUT2D eigenvalue weighted by atomic mass is 79.9. The van der Waals surface area contributed by atoms with Gasteiger partial charge in [-0.25, -0.2) is 9.18 Å². The average molecular weight is 428 g/mol. The maximum atomic E-state index is 13.4. The van der Waals surface area contributed by atoms with Gasteiger partial charge in [-0.1, -0.05) is 28.1 Å². The zero-order valence-electron chi connectivity index (χ0n) is 14.6. The molecule has 0 saturated carbocycles. The van der Waals surface area contributed by atoms with Gasteiger partial charge < -0.3 is 4.57 Å². The molecule has 5 nitrogen and oxygen atoms in total. The third-order valence-electron chi connectivity index (χ3n) is 4.64. The van der Waals surface area contributed by atoms with Gasteiger partial charge in [-0.2, -0.15) is 0 Å². The molecule has 0 aliphatic carbocycles. The Labute approximate surface area is 162 Å². The Morgan fingerprint density at radius 2 is 1.67 bits per heavy atom. The summed E-state index contributed by atoms with van der Waals surface area (Å²) in [5, 5.41) is 0.432. The lowest BCUT2D eigenvalue weighted by Crippen LogP contribution is -2.36. The molecule has 27 heavy (non-hydrogen) atoms. The largest absolute Gasteiger partial charge is 0.330 e. The first-order chi connectivity index (χ1) is 12.9. The highest BCUT2D eigenvalue weighted by Crippen LogP contribution is 2.32. The summed E-state index contributed by atoms with van der Waals surface area (Å²) in [5.74, 6) is -0.345. The molecule has 2 aromatic carbocycles. The second-order valence-electron chi connectivity index (χ2n) is 6.30. The maximum absolute atomic E-state index is 13.4. The van der Waals surface area contributed by atoms with Crippen molar-refractivity contribution in [3.8, 4) is 16.9 Å². The van der Waals surface area contributed by atoms with E-state index in [1.54, 1.807) is 25.4 Å². The minimum Gasteiger partial charge on any atom is -0.314 e. The minimum absolute atomic E-state index is 0.345. The highest BCUT2D eigenvalue weighted by Gasteiger charge is 2.20. The van der Waals surface area contributed by atoms with Crippen LogP contribution in [0.4, 0.5) is 4.39 Å². The first kappa shape index (κ1) is 17.5. The van der Waals surface area contributed by atoms with Gasteiger partial charge in [0.25, 0.3) is 5.56 Å². The lowest BCUT2D eigenvalue weighted by molar-refractivity contribution is 0.627. The van der Waals surface area contributed by atoms with Crippen LogP contribution in [0, 0.1) is 5.82 Å². The molecule has 4 aromatic rings. The van der Waals surface area contributed by atoms with Crippen molar-refractivity contribution in [1.29, 1.82) is 0 Å². The van der Waals surface area contributed by atoms with E-state index in [0.717, 1.165) is 14.6 Å². The molecule has 0 N–H and O–H groups in total. The van der Waals surface area contributed by atoms with E-state index in [4.69, 9.17) is 0 Å². The second kappa shape index (κ2) is 6.35. The standard InChI is InChI=1S/C20H15BrFN3O2/c1-23-16-11-25(15-8-6-14(22)7-9-15)18(12-4-3-5-13(21)10-12)17(16)19(26)24(2)20(23)27/h3-11H,1-2H3. The molecular weight excluding hydrogens is 413 g/mol. The second-order valence-corrected chi connectivity index (χ2v) is 7.22. The zero-order chi connectivity index (χ0) is 19.3. The van der Waals surface area contributed by atoms with Gasteiger partial charge in [0.2, 0.25) is 0 Å². The summed E-state index contributed by atoms with van der Waals surface area (Å²) in [7, 11) is 3.09. The number of benzene rings is 2.